The van der Waals surface area contributed by atoms with Crippen molar-refractivity contribution in [2.75, 3.05) is 11.5 Å². The van der Waals surface area contributed by atoms with Crippen molar-refractivity contribution in [3.8, 4) is 0 Å². The molecular formula is C19H20F2N8O4S2. The molecule has 1 saturated carbocycles. The van der Waals surface area contributed by atoms with E-state index < -0.39 is 35.6 Å². The number of tetrazole rings is 1. The maximum absolute atomic E-state index is 13.1. The van der Waals surface area contributed by atoms with Crippen LogP contribution in [-0.2, 0) is 28.0 Å². The van der Waals surface area contributed by atoms with E-state index in [1.54, 1.807) is 7.05 Å². The van der Waals surface area contributed by atoms with Gasteiger partial charge < -0.3 is 10.4 Å². The molecule has 2 aliphatic heterocycles. The van der Waals surface area contributed by atoms with E-state index in [9.17, 15) is 28.3 Å². The fourth-order valence-corrected chi connectivity index (χ4v) is 6.37. The first-order chi connectivity index (χ1) is 16.7. The number of nitrogens with one attached hydrogen (secondary N) is 1. The highest BCUT2D eigenvalue weighted by Gasteiger charge is 2.54. The predicted molar refractivity (Wildman–Crippen MR) is 118 cm³/mol. The molecular weight excluding hydrogens is 506 g/mol. The Labute approximate surface area is 205 Å². The second kappa shape index (κ2) is 9.22. The smallest absolute Gasteiger partial charge is 0.352 e. The Bertz CT molecular complexity index is 1230. The number of carbonyl (C=O) groups excluding carboxylic acids is 2. The van der Waals surface area contributed by atoms with Crippen molar-refractivity contribution >= 4 is 41.3 Å². The van der Waals surface area contributed by atoms with Crippen LogP contribution in [0, 0.1) is 0 Å². The molecule has 0 aromatic carbocycles. The van der Waals surface area contributed by atoms with E-state index in [4.69, 9.17) is 0 Å². The van der Waals surface area contributed by atoms with Crippen molar-refractivity contribution in [3.63, 3.8) is 0 Å². The molecule has 4 heterocycles. The number of fused-ring (bicyclic) bond motifs is 1. The van der Waals surface area contributed by atoms with Crippen LogP contribution in [0.2, 0.25) is 0 Å². The lowest BCUT2D eigenvalue weighted by Crippen LogP contribution is -2.70. The highest BCUT2D eigenvalue weighted by atomic mass is 32.2. The average Bonchev–Trinajstić information content (AvgIpc) is 3.45. The van der Waals surface area contributed by atoms with Crippen LogP contribution in [0.1, 0.15) is 36.6 Å². The summed E-state index contributed by atoms with van der Waals surface area (Å²) < 4.78 is 28.9. The number of carboxylic acid groups (broad SMARTS) is 1. The Morgan fingerprint density at radius 3 is 2.77 bits per heavy atom. The monoisotopic (exact) mass is 526 g/mol. The Kier molecular flexibility index (Phi) is 6.25. The minimum Gasteiger partial charge on any atom is -0.477 e. The summed E-state index contributed by atoms with van der Waals surface area (Å²) in [4.78, 5) is 38.7. The molecule has 12 nitrogen and oxygen atoms in total. The van der Waals surface area contributed by atoms with Crippen LogP contribution in [0.3, 0.4) is 0 Å². The number of rotatable bonds is 9. The van der Waals surface area contributed by atoms with Gasteiger partial charge in [0.15, 0.2) is 0 Å². The summed E-state index contributed by atoms with van der Waals surface area (Å²) in [5.41, 5.74) is 0.652. The number of carbonyl (C=O) groups is 3. The van der Waals surface area contributed by atoms with E-state index >= 15 is 0 Å². The topological polar surface area (TPSA) is 148 Å². The third kappa shape index (κ3) is 4.51. The van der Waals surface area contributed by atoms with E-state index in [0.29, 0.717) is 22.2 Å². The quantitative estimate of drug-likeness (QED) is 0.354. The zero-order valence-corrected chi connectivity index (χ0v) is 19.9. The SMILES string of the molecule is Cn1nnnc1SCC1=C(C(=O)O)N2C(=O)C(NC(=O)Cn3nc(C(F)F)cc3C3CC3)C2SC1. The molecule has 35 heavy (non-hydrogen) atoms. The molecule has 0 spiro atoms. The van der Waals surface area contributed by atoms with Crippen LogP contribution in [0.4, 0.5) is 8.78 Å². The van der Waals surface area contributed by atoms with Crippen LogP contribution in [0.25, 0.3) is 0 Å². The van der Waals surface area contributed by atoms with Crippen LogP contribution in [0.15, 0.2) is 22.5 Å². The lowest BCUT2D eigenvalue weighted by molar-refractivity contribution is -0.150. The molecule has 2 unspecified atom stereocenters. The first kappa shape index (κ1) is 23.7. The van der Waals surface area contributed by atoms with Crippen molar-refractivity contribution in [2.24, 2.45) is 7.05 Å². The van der Waals surface area contributed by atoms with Gasteiger partial charge in [-0.2, -0.15) is 5.10 Å². The average molecular weight is 527 g/mol. The van der Waals surface area contributed by atoms with Gasteiger partial charge in [0.05, 0.1) is 0 Å². The van der Waals surface area contributed by atoms with Crippen LogP contribution in [-0.4, -0.2) is 80.7 Å². The minimum absolute atomic E-state index is 0.100. The number of amides is 2. The number of carboxylic acids is 1. The molecule has 3 aliphatic rings. The second-order valence-electron chi connectivity index (χ2n) is 8.31. The summed E-state index contributed by atoms with van der Waals surface area (Å²) in [6.45, 7) is -0.297. The zero-order chi connectivity index (χ0) is 24.9. The number of β-lactam (4-membered cyclic amide) rings is 1. The van der Waals surface area contributed by atoms with Crippen molar-refractivity contribution < 1.29 is 28.3 Å². The number of halogens is 2. The van der Waals surface area contributed by atoms with Gasteiger partial charge in [-0.3, -0.25) is 19.2 Å². The summed E-state index contributed by atoms with van der Waals surface area (Å²) in [5.74, 6) is -1.58. The molecule has 2 fully saturated rings. The van der Waals surface area contributed by atoms with Crippen LogP contribution in [0.5, 0.6) is 0 Å². The molecule has 1 saturated heterocycles. The van der Waals surface area contributed by atoms with E-state index in [1.807, 2.05) is 0 Å². The van der Waals surface area contributed by atoms with Gasteiger partial charge in [0.2, 0.25) is 11.1 Å². The summed E-state index contributed by atoms with van der Waals surface area (Å²) in [6.07, 6.45) is -1.04. The number of hydrogen-bond acceptors (Lipinski definition) is 9. The molecule has 2 N–H and O–H groups in total. The molecule has 0 bridgehead atoms. The first-order valence-corrected chi connectivity index (χ1v) is 12.7. The number of nitrogens with zero attached hydrogens (tertiary/aromatic N) is 7. The second-order valence-corrected chi connectivity index (χ2v) is 10.4. The van der Waals surface area contributed by atoms with Crippen LogP contribution < -0.4 is 5.32 Å². The Hall–Kier alpha value is -3.01. The molecule has 0 radical (unpaired) electrons. The number of thioether (sulfide) groups is 2. The third-order valence-electron chi connectivity index (χ3n) is 5.87. The zero-order valence-electron chi connectivity index (χ0n) is 18.3. The van der Waals surface area contributed by atoms with Gasteiger partial charge in [-0.25, -0.2) is 18.3 Å². The van der Waals surface area contributed by atoms with Crippen LogP contribution >= 0.6 is 23.5 Å². The maximum atomic E-state index is 13.1. The molecule has 1 aliphatic carbocycles. The Balaban J connectivity index is 1.26. The minimum atomic E-state index is -2.74. The Morgan fingerprint density at radius 1 is 1.37 bits per heavy atom. The lowest BCUT2D eigenvalue weighted by atomic mass is 10.0. The standard InChI is InChI=1S/C19H20F2N8O4S2/c1-27-19(23-25-26-27)35-7-9-6-34-17-13(16(31)29(17)14(9)18(32)33)22-12(30)5-28-11(8-2-3-8)4-10(24-28)15(20)21/h4,8,13,15,17H,2-3,5-7H2,1H3,(H,22,30)(H,32,33). The third-order valence-corrected chi connectivity index (χ3v) is 8.30. The first-order valence-electron chi connectivity index (χ1n) is 10.6. The van der Waals surface area contributed by atoms with Gasteiger partial charge in [-0.15, -0.1) is 16.9 Å². The van der Waals surface area contributed by atoms with Gasteiger partial charge in [-0.1, -0.05) is 11.8 Å². The molecule has 2 aromatic heterocycles. The molecule has 2 atom stereocenters. The van der Waals surface area contributed by atoms with Crippen molar-refractivity contribution in [2.45, 2.75) is 48.3 Å². The van der Waals surface area contributed by atoms with Crippen molar-refractivity contribution in [1.82, 2.24) is 40.2 Å². The maximum Gasteiger partial charge on any atom is 0.352 e. The lowest BCUT2D eigenvalue weighted by Gasteiger charge is -2.49. The molecule has 2 amide bonds. The number of aliphatic carboxylic acids is 1. The van der Waals surface area contributed by atoms with Gasteiger partial charge in [0.25, 0.3) is 12.3 Å². The number of hydrogen-bond donors (Lipinski definition) is 2. The largest absolute Gasteiger partial charge is 0.477 e. The Morgan fingerprint density at radius 2 is 2.14 bits per heavy atom. The van der Waals surface area contributed by atoms with Gasteiger partial charge in [0, 0.05) is 30.2 Å². The predicted octanol–water partition coefficient (Wildman–Crippen LogP) is 0.752. The highest BCUT2D eigenvalue weighted by Crippen LogP contribution is 2.42. The van der Waals surface area contributed by atoms with E-state index in [0.717, 1.165) is 12.8 Å². The van der Waals surface area contributed by atoms with Crippen molar-refractivity contribution in [1.29, 1.82) is 0 Å². The number of alkyl halides is 2. The summed E-state index contributed by atoms with van der Waals surface area (Å²) in [7, 11) is 1.66. The molecule has 16 heteroatoms. The van der Waals surface area contributed by atoms with Gasteiger partial charge >= 0.3 is 5.97 Å². The normalized spacial score (nSPS) is 21.8. The number of aromatic nitrogens is 6. The highest BCUT2D eigenvalue weighted by molar-refractivity contribution is 8.01. The van der Waals surface area contributed by atoms with Gasteiger partial charge in [0.1, 0.15) is 29.4 Å². The number of aryl methyl sites for hydroxylation is 1. The summed E-state index contributed by atoms with van der Waals surface area (Å²) >= 11 is 2.60. The van der Waals surface area contributed by atoms with E-state index in [1.165, 1.54) is 43.9 Å². The van der Waals surface area contributed by atoms with E-state index in [2.05, 4.69) is 25.9 Å². The van der Waals surface area contributed by atoms with Crippen molar-refractivity contribution in [3.05, 3.63) is 28.7 Å². The van der Waals surface area contributed by atoms with E-state index in [-0.39, 0.29) is 29.6 Å². The summed E-state index contributed by atoms with van der Waals surface area (Å²) in [6, 6.07) is 0.414. The fraction of sp³-hybridized carbons (Fsp3) is 0.526. The summed E-state index contributed by atoms with van der Waals surface area (Å²) in [5, 5.41) is 27.3. The molecule has 186 valence electrons. The van der Waals surface area contributed by atoms with Gasteiger partial charge in [-0.05, 0) is 34.9 Å². The molecule has 5 rings (SSSR count). The fourth-order valence-electron chi connectivity index (χ4n) is 4.04. The molecule has 2 aromatic rings.